The van der Waals surface area contributed by atoms with E-state index in [-0.39, 0.29) is 43.6 Å². The van der Waals surface area contributed by atoms with Crippen LogP contribution in [-0.4, -0.2) is 138 Å². The highest BCUT2D eigenvalue weighted by molar-refractivity contribution is 5.81. The zero-order valence-corrected chi connectivity index (χ0v) is 33.7. The van der Waals surface area contributed by atoms with E-state index in [1.165, 1.54) is 21.1 Å². The fourth-order valence-electron chi connectivity index (χ4n) is 8.49. The van der Waals surface area contributed by atoms with Crippen LogP contribution < -0.4 is 5.32 Å². The number of methoxy groups -OCH3 is 2. The summed E-state index contributed by atoms with van der Waals surface area (Å²) in [5.74, 6) is -3.83. The summed E-state index contributed by atoms with van der Waals surface area (Å²) in [4.78, 5) is 28.0. The molecule has 0 radical (unpaired) electrons. The van der Waals surface area contributed by atoms with Crippen LogP contribution in [0.1, 0.15) is 101 Å². The fraction of sp³-hybridized carbons (Fsp3) is 0.947. The van der Waals surface area contributed by atoms with Crippen molar-refractivity contribution in [3.63, 3.8) is 0 Å². The summed E-state index contributed by atoms with van der Waals surface area (Å²) in [6.07, 6.45) is -8.49. The second-order valence-electron chi connectivity index (χ2n) is 16.5. The maximum atomic E-state index is 14.2. The summed E-state index contributed by atoms with van der Waals surface area (Å²) in [7, 11) is 4.78. The van der Waals surface area contributed by atoms with Crippen LogP contribution in [0.2, 0.25) is 0 Å². The predicted molar refractivity (Wildman–Crippen MR) is 191 cm³/mol. The summed E-state index contributed by atoms with van der Waals surface area (Å²) in [5, 5.41) is 48.5. The van der Waals surface area contributed by atoms with Crippen LogP contribution in [-0.2, 0) is 42.7 Å². The van der Waals surface area contributed by atoms with Crippen molar-refractivity contribution in [3.05, 3.63) is 0 Å². The lowest BCUT2D eigenvalue weighted by molar-refractivity contribution is -0.317. The van der Waals surface area contributed by atoms with Crippen molar-refractivity contribution in [2.45, 2.75) is 186 Å². The van der Waals surface area contributed by atoms with Crippen molar-refractivity contribution in [1.82, 2.24) is 5.32 Å². The maximum absolute atomic E-state index is 14.2. The van der Waals surface area contributed by atoms with Crippen molar-refractivity contribution >= 4 is 11.8 Å². The number of carbonyl (C=O) groups excluding carboxylic acids is 2. The highest BCUT2D eigenvalue weighted by atomic mass is 16.7. The number of nitrogens with one attached hydrogen (secondary N) is 1. The largest absolute Gasteiger partial charge is 0.459 e. The third-order valence-electron chi connectivity index (χ3n) is 12.2. The van der Waals surface area contributed by atoms with Gasteiger partial charge in [-0.05, 0) is 73.8 Å². The fourth-order valence-corrected chi connectivity index (χ4v) is 8.49. The zero-order valence-electron chi connectivity index (χ0n) is 33.7. The number of Topliss-reactive ketones (excluding diaryl/α,β-unsaturated/α-hetero) is 1. The Bertz CT molecular complexity index is 1170. The smallest absolute Gasteiger partial charge is 0.311 e. The van der Waals surface area contributed by atoms with Crippen molar-refractivity contribution in [3.8, 4) is 0 Å². The van der Waals surface area contributed by atoms with Crippen molar-refractivity contribution < 1.29 is 63.2 Å². The first-order valence-electron chi connectivity index (χ1n) is 19.0. The Balaban J connectivity index is 2.21. The van der Waals surface area contributed by atoms with Crippen LogP contribution in [0.25, 0.3) is 0 Å². The number of hydrogen-bond acceptors (Lipinski definition) is 14. The number of carbonyl (C=O) groups is 2. The molecular formula is C38H69NO13. The van der Waals surface area contributed by atoms with E-state index in [1.54, 1.807) is 48.6 Å². The van der Waals surface area contributed by atoms with Crippen molar-refractivity contribution in [1.29, 1.82) is 0 Å². The monoisotopic (exact) mass is 747 g/mol. The molecule has 0 unspecified atom stereocenters. The maximum Gasteiger partial charge on any atom is 0.311 e. The molecule has 0 spiro atoms. The van der Waals surface area contributed by atoms with E-state index in [1.807, 2.05) is 20.8 Å². The summed E-state index contributed by atoms with van der Waals surface area (Å²) in [6.45, 7) is 17.3. The molecule has 3 saturated heterocycles. The SMILES string of the molecule is CC[C@H]1OC(=O)[C@H](C)[C@@H](O[C@H]2C[C@@](C)(OC)[C@@H](O)[C@H](C)O2)[C@H](C)[C@@H](O[C@@H]2O[C@H](C)C[C@H](NC)[C@H]2O)[C@](C)(OC)C[C@@H](C)C(=O)C[C@H](C)[C@@H](O)[C@]1(C)O. The number of rotatable bonds is 8. The molecule has 5 N–H and O–H groups in total. The summed E-state index contributed by atoms with van der Waals surface area (Å²) < 4.78 is 43.8. The van der Waals surface area contributed by atoms with Crippen LogP contribution in [0.15, 0.2) is 0 Å². The van der Waals surface area contributed by atoms with Crippen molar-refractivity contribution in [2.24, 2.45) is 23.7 Å². The Labute approximate surface area is 310 Å². The van der Waals surface area contributed by atoms with Crippen LogP contribution in [0.5, 0.6) is 0 Å². The number of aliphatic hydroxyl groups is 4. The average Bonchev–Trinajstić information content (AvgIpc) is 3.09. The van der Waals surface area contributed by atoms with E-state index in [4.69, 9.17) is 33.2 Å². The van der Waals surface area contributed by atoms with E-state index >= 15 is 0 Å². The summed E-state index contributed by atoms with van der Waals surface area (Å²) in [5.41, 5.74) is -4.12. The zero-order chi connectivity index (χ0) is 39.5. The molecule has 14 heteroatoms. The number of hydrogen-bond donors (Lipinski definition) is 5. The van der Waals surface area contributed by atoms with Gasteiger partial charge in [-0.2, -0.15) is 0 Å². The highest BCUT2D eigenvalue weighted by Gasteiger charge is 2.53. The Kier molecular flexibility index (Phi) is 15.7. The van der Waals surface area contributed by atoms with E-state index in [9.17, 15) is 30.0 Å². The van der Waals surface area contributed by atoms with Gasteiger partial charge in [0, 0.05) is 44.9 Å². The van der Waals surface area contributed by atoms with Gasteiger partial charge in [-0.15, -0.1) is 0 Å². The summed E-state index contributed by atoms with van der Waals surface area (Å²) in [6, 6.07) is -0.330. The molecule has 0 amide bonds. The Morgan fingerprint density at radius 1 is 0.885 bits per heavy atom. The second-order valence-corrected chi connectivity index (χ2v) is 16.5. The molecule has 3 aliphatic heterocycles. The second kappa shape index (κ2) is 18.1. The molecule has 18 atom stereocenters. The van der Waals surface area contributed by atoms with Crippen LogP contribution >= 0.6 is 0 Å². The molecule has 0 saturated carbocycles. The number of aliphatic hydroxyl groups excluding tert-OH is 3. The van der Waals surface area contributed by atoms with Gasteiger partial charge in [-0.1, -0.05) is 27.7 Å². The molecule has 3 fully saturated rings. The van der Waals surface area contributed by atoms with E-state index < -0.39 is 102 Å². The molecule has 0 aromatic carbocycles. The summed E-state index contributed by atoms with van der Waals surface area (Å²) >= 11 is 0. The first-order valence-corrected chi connectivity index (χ1v) is 19.0. The van der Waals surface area contributed by atoms with Gasteiger partial charge in [-0.25, -0.2) is 0 Å². The Hall–Kier alpha value is -1.30. The standard InChI is InChI=1S/C38H69NO13/c1-14-27-38(10,45)31(42)19(2)15-26(40)20(3)17-37(9,47-13)33(52-35-29(41)25(39-11)16-21(4)48-35)22(5)30(23(6)34(44)50-27)51-28-18-36(8,46-12)32(43)24(7)49-28/h19-25,27-33,35,39,41-43,45H,14-18H2,1-13H3/t19-,20+,21+,22-,23+,24-,25-,27+,28-,29+,30-,31+,32-,33+,35-,36+,37+,38+/m0/s1. The molecule has 3 rings (SSSR count). The quantitative estimate of drug-likeness (QED) is 0.228. The van der Waals surface area contributed by atoms with Gasteiger partial charge in [0.15, 0.2) is 12.6 Å². The third-order valence-corrected chi connectivity index (χ3v) is 12.2. The molecule has 52 heavy (non-hydrogen) atoms. The Morgan fingerprint density at radius 2 is 1.50 bits per heavy atom. The lowest BCUT2D eigenvalue weighted by Gasteiger charge is -2.49. The molecule has 0 bridgehead atoms. The predicted octanol–water partition coefficient (Wildman–Crippen LogP) is 2.49. The molecule has 3 aliphatic rings. The number of esters is 1. The molecule has 14 nitrogen and oxygen atoms in total. The minimum absolute atomic E-state index is 0.0426. The number of ether oxygens (including phenoxy) is 7. The molecule has 3 heterocycles. The van der Waals surface area contributed by atoms with Crippen LogP contribution in [0.4, 0.5) is 0 Å². The third kappa shape index (κ3) is 9.73. The van der Waals surface area contributed by atoms with E-state index in [2.05, 4.69) is 5.32 Å². The topological polar surface area (TPSA) is 192 Å². The number of likely N-dealkylation sites (N-methyl/N-ethyl adjacent to an activating group) is 1. The average molecular weight is 748 g/mol. The van der Waals surface area contributed by atoms with Crippen LogP contribution in [0, 0.1) is 23.7 Å². The van der Waals surface area contributed by atoms with Crippen LogP contribution in [0.3, 0.4) is 0 Å². The van der Waals surface area contributed by atoms with E-state index in [0.29, 0.717) is 6.42 Å². The first kappa shape index (κ1) is 45.1. The number of cyclic esters (lactones) is 1. The normalized spacial score (nSPS) is 49.1. The van der Waals surface area contributed by atoms with E-state index in [0.717, 1.165) is 0 Å². The van der Waals surface area contributed by atoms with Gasteiger partial charge in [0.1, 0.15) is 29.7 Å². The molecule has 304 valence electrons. The van der Waals surface area contributed by atoms with Gasteiger partial charge in [0.25, 0.3) is 0 Å². The van der Waals surface area contributed by atoms with Gasteiger partial charge < -0.3 is 58.9 Å². The minimum Gasteiger partial charge on any atom is -0.459 e. The Morgan fingerprint density at radius 3 is 2.06 bits per heavy atom. The van der Waals surface area contributed by atoms with Crippen molar-refractivity contribution in [2.75, 3.05) is 21.3 Å². The van der Waals surface area contributed by atoms with Gasteiger partial charge in [0.2, 0.25) is 0 Å². The first-order chi connectivity index (χ1) is 24.1. The van der Waals surface area contributed by atoms with Gasteiger partial charge in [0.05, 0.1) is 47.6 Å². The van der Waals surface area contributed by atoms with Gasteiger partial charge >= 0.3 is 5.97 Å². The highest BCUT2D eigenvalue weighted by Crippen LogP contribution is 2.41. The number of ketones is 1. The van der Waals surface area contributed by atoms with Gasteiger partial charge in [-0.3, -0.25) is 9.59 Å². The lowest BCUT2D eigenvalue weighted by atomic mass is 9.76. The lowest BCUT2D eigenvalue weighted by Crippen LogP contribution is -2.61. The molecule has 0 aromatic heterocycles. The molecule has 0 aromatic rings. The molecular weight excluding hydrogens is 678 g/mol. The minimum atomic E-state index is -1.88. The molecule has 0 aliphatic carbocycles.